The van der Waals surface area contributed by atoms with Gasteiger partial charge in [0.25, 0.3) is 5.91 Å². The summed E-state index contributed by atoms with van der Waals surface area (Å²) in [5.41, 5.74) is -0.0615. The van der Waals surface area contributed by atoms with Crippen molar-refractivity contribution >= 4 is 23.2 Å². The Morgan fingerprint density at radius 2 is 2.15 bits per heavy atom. The van der Waals surface area contributed by atoms with Gasteiger partial charge in [-0.25, -0.2) is 0 Å². The summed E-state index contributed by atoms with van der Waals surface area (Å²) in [6, 6.07) is 11.4. The number of thiophene rings is 1. The molecule has 3 fully saturated rings. The molecule has 4 aliphatic rings. The number of carbonyl (C=O) groups excluding carboxylic acids is 2. The number of carbonyl (C=O) groups is 2. The van der Waals surface area contributed by atoms with E-state index in [2.05, 4.69) is 10.6 Å². The minimum absolute atomic E-state index is 0.00649. The monoisotopic (exact) mass is 382 g/mol. The largest absolute Gasteiger partial charge is 0.467 e. The van der Waals surface area contributed by atoms with Crippen LogP contribution in [0.15, 0.2) is 41.8 Å². The first-order valence-electron chi connectivity index (χ1n) is 9.55. The number of amides is 2. The average Bonchev–Trinajstić information content (AvgIpc) is 3.20. The maximum Gasteiger partial charge on any atom is 0.258 e. The first-order chi connectivity index (χ1) is 13.1. The van der Waals surface area contributed by atoms with Crippen LogP contribution in [-0.4, -0.2) is 17.5 Å². The summed E-state index contributed by atoms with van der Waals surface area (Å²) in [6.45, 7) is 0.593. The lowest BCUT2D eigenvalue weighted by atomic mass is 9.60. The number of ether oxygens (including phenoxy) is 1. The Kier molecular flexibility index (Phi) is 3.97. The summed E-state index contributed by atoms with van der Waals surface area (Å²) in [4.78, 5) is 26.6. The summed E-state index contributed by atoms with van der Waals surface area (Å²) in [5, 5.41) is 8.26. The molecule has 3 saturated carbocycles. The summed E-state index contributed by atoms with van der Waals surface area (Å²) in [7, 11) is 0. The molecule has 3 aliphatic carbocycles. The Balaban J connectivity index is 1.32. The lowest BCUT2D eigenvalue weighted by Crippen LogP contribution is -2.66. The molecule has 4 atom stereocenters. The molecular formula is C21H22N2O3S. The number of hydrogen-bond donors (Lipinski definition) is 2. The van der Waals surface area contributed by atoms with E-state index in [9.17, 15) is 9.59 Å². The fraction of sp³-hybridized carbons (Fsp3) is 0.429. The van der Waals surface area contributed by atoms with Gasteiger partial charge >= 0.3 is 0 Å². The van der Waals surface area contributed by atoms with E-state index in [1.165, 1.54) is 4.88 Å². The predicted molar refractivity (Wildman–Crippen MR) is 102 cm³/mol. The first kappa shape index (κ1) is 16.8. The molecule has 2 aromatic rings. The van der Waals surface area contributed by atoms with Gasteiger partial charge in [-0.2, -0.15) is 0 Å². The second kappa shape index (κ2) is 6.37. The van der Waals surface area contributed by atoms with E-state index in [1.54, 1.807) is 17.4 Å². The molecule has 1 aromatic carbocycles. The van der Waals surface area contributed by atoms with Crippen LogP contribution in [0.25, 0.3) is 0 Å². The second-order valence-electron chi connectivity index (χ2n) is 7.82. The van der Waals surface area contributed by atoms with Crippen LogP contribution in [0.2, 0.25) is 0 Å². The van der Waals surface area contributed by atoms with Crippen molar-refractivity contribution in [2.45, 2.75) is 38.0 Å². The minimum atomic E-state index is -0.654. The zero-order valence-corrected chi connectivity index (χ0v) is 15.8. The molecule has 1 aliphatic heterocycles. The normalized spacial score (nSPS) is 31.1. The van der Waals surface area contributed by atoms with E-state index in [0.717, 1.165) is 19.3 Å². The van der Waals surface area contributed by atoms with E-state index < -0.39 is 5.72 Å². The number of nitrogens with one attached hydrogen (secondary N) is 2. The van der Waals surface area contributed by atoms with E-state index in [4.69, 9.17) is 4.74 Å². The Morgan fingerprint density at radius 1 is 1.26 bits per heavy atom. The molecule has 2 amide bonds. The van der Waals surface area contributed by atoms with Gasteiger partial charge in [-0.3, -0.25) is 9.59 Å². The molecule has 2 heterocycles. The van der Waals surface area contributed by atoms with Crippen molar-refractivity contribution in [3.63, 3.8) is 0 Å². The Bertz CT molecular complexity index is 881. The number of fused-ring (bicyclic) bond motifs is 3. The summed E-state index contributed by atoms with van der Waals surface area (Å²) >= 11 is 1.66. The van der Waals surface area contributed by atoms with Gasteiger partial charge in [0, 0.05) is 23.1 Å². The average molecular weight is 382 g/mol. The third-order valence-electron chi connectivity index (χ3n) is 6.32. The first-order valence-corrected chi connectivity index (χ1v) is 10.4. The van der Waals surface area contributed by atoms with Gasteiger partial charge in [0.1, 0.15) is 5.75 Å². The van der Waals surface area contributed by atoms with Gasteiger partial charge in [-0.15, -0.1) is 11.3 Å². The topological polar surface area (TPSA) is 67.4 Å². The van der Waals surface area contributed by atoms with Gasteiger partial charge in [-0.1, -0.05) is 18.2 Å². The van der Waals surface area contributed by atoms with Crippen LogP contribution in [0.3, 0.4) is 0 Å². The fourth-order valence-electron chi connectivity index (χ4n) is 5.00. The van der Waals surface area contributed by atoms with Crippen LogP contribution in [0.4, 0.5) is 0 Å². The standard InChI is InChI=1S/C21H22N2O3S/c24-19(22-12-15-4-3-9-27-15)17-10-14-8-7-13(17)11-21(14)23-20(25)16-5-1-2-6-18(16)26-21/h1-6,9,13-14,17H,7-8,10-12H2,(H,22,24)(H,23,25). The molecule has 0 saturated heterocycles. The van der Waals surface area contributed by atoms with Crippen LogP contribution in [-0.2, 0) is 11.3 Å². The molecule has 2 N–H and O–H groups in total. The van der Waals surface area contributed by atoms with Crippen molar-refractivity contribution in [3.05, 3.63) is 52.2 Å². The summed E-state index contributed by atoms with van der Waals surface area (Å²) in [6.07, 6.45) is 3.48. The quantitative estimate of drug-likeness (QED) is 0.856. The van der Waals surface area contributed by atoms with Crippen molar-refractivity contribution in [3.8, 4) is 5.75 Å². The van der Waals surface area contributed by atoms with Crippen molar-refractivity contribution in [1.82, 2.24) is 10.6 Å². The highest BCUT2D eigenvalue weighted by atomic mass is 32.1. The van der Waals surface area contributed by atoms with Crippen LogP contribution < -0.4 is 15.4 Å². The molecule has 5 nitrogen and oxygen atoms in total. The van der Waals surface area contributed by atoms with Crippen molar-refractivity contribution in [2.24, 2.45) is 17.8 Å². The van der Waals surface area contributed by atoms with Gasteiger partial charge in [0.05, 0.1) is 12.1 Å². The van der Waals surface area contributed by atoms with E-state index in [1.807, 2.05) is 35.7 Å². The number of benzene rings is 1. The van der Waals surface area contributed by atoms with Gasteiger partial charge in [0.15, 0.2) is 5.72 Å². The van der Waals surface area contributed by atoms with E-state index in [-0.39, 0.29) is 29.6 Å². The molecule has 1 aromatic heterocycles. The van der Waals surface area contributed by atoms with Crippen LogP contribution in [0.5, 0.6) is 5.75 Å². The van der Waals surface area contributed by atoms with E-state index in [0.29, 0.717) is 24.3 Å². The number of hydrogen-bond acceptors (Lipinski definition) is 4. The number of para-hydroxylation sites is 1. The van der Waals surface area contributed by atoms with Crippen LogP contribution in [0, 0.1) is 17.8 Å². The molecule has 4 unspecified atom stereocenters. The van der Waals surface area contributed by atoms with Crippen molar-refractivity contribution < 1.29 is 14.3 Å². The Hall–Kier alpha value is -2.34. The minimum Gasteiger partial charge on any atom is -0.467 e. The molecule has 0 radical (unpaired) electrons. The van der Waals surface area contributed by atoms with Gasteiger partial charge < -0.3 is 15.4 Å². The lowest BCUT2D eigenvalue weighted by molar-refractivity contribution is -0.146. The molecule has 6 rings (SSSR count). The molecule has 6 heteroatoms. The summed E-state index contributed by atoms with van der Waals surface area (Å²) < 4.78 is 6.35. The molecule has 2 bridgehead atoms. The highest BCUT2D eigenvalue weighted by molar-refractivity contribution is 7.09. The third kappa shape index (κ3) is 2.83. The van der Waals surface area contributed by atoms with Crippen molar-refractivity contribution in [1.29, 1.82) is 0 Å². The van der Waals surface area contributed by atoms with Gasteiger partial charge in [0.2, 0.25) is 5.91 Å². The molecular weight excluding hydrogens is 360 g/mol. The zero-order valence-electron chi connectivity index (χ0n) is 14.9. The zero-order chi connectivity index (χ0) is 18.4. The second-order valence-corrected chi connectivity index (χ2v) is 8.85. The molecule has 1 spiro atoms. The third-order valence-corrected chi connectivity index (χ3v) is 7.20. The Morgan fingerprint density at radius 3 is 2.93 bits per heavy atom. The van der Waals surface area contributed by atoms with E-state index >= 15 is 0 Å². The highest BCUT2D eigenvalue weighted by Crippen LogP contribution is 2.52. The van der Waals surface area contributed by atoms with Crippen LogP contribution >= 0.6 is 11.3 Å². The maximum absolute atomic E-state index is 12.8. The van der Waals surface area contributed by atoms with Gasteiger partial charge in [-0.05, 0) is 48.8 Å². The maximum atomic E-state index is 12.8. The lowest BCUT2D eigenvalue weighted by Gasteiger charge is -2.55. The summed E-state index contributed by atoms with van der Waals surface area (Å²) in [5.74, 6) is 1.14. The highest BCUT2D eigenvalue weighted by Gasteiger charge is 2.57. The fourth-order valence-corrected chi connectivity index (χ4v) is 5.64. The SMILES string of the molecule is O=C1NC2(CC3CCC2CC3C(=O)NCc2cccs2)Oc2ccccc21. The predicted octanol–water partition coefficient (Wildman–Crippen LogP) is 3.32. The van der Waals surface area contributed by atoms with Crippen molar-refractivity contribution in [2.75, 3.05) is 0 Å². The molecule has 140 valence electrons. The van der Waals surface area contributed by atoms with Crippen LogP contribution in [0.1, 0.15) is 40.9 Å². The Labute approximate surface area is 162 Å². The smallest absolute Gasteiger partial charge is 0.258 e. The number of rotatable bonds is 3. The molecule has 27 heavy (non-hydrogen) atoms.